The predicted octanol–water partition coefficient (Wildman–Crippen LogP) is 4.45. The molecule has 0 radical (unpaired) electrons. The normalized spacial score (nSPS) is 14.0. The SMILES string of the molecule is O=C(c1ccc(NC(=S)NCc2ccccc2Cl)cc1)N1CCCCC1. The van der Waals surface area contributed by atoms with E-state index in [1.807, 2.05) is 53.4 Å². The van der Waals surface area contributed by atoms with Gasteiger partial charge >= 0.3 is 0 Å². The Hall–Kier alpha value is -2.11. The number of thiocarbonyl (C=S) groups is 1. The number of piperidine rings is 1. The first kappa shape index (κ1) is 18.7. The molecule has 1 aliphatic rings. The number of anilines is 1. The van der Waals surface area contributed by atoms with E-state index in [-0.39, 0.29) is 5.91 Å². The van der Waals surface area contributed by atoms with E-state index in [4.69, 9.17) is 23.8 Å². The predicted molar refractivity (Wildman–Crippen MR) is 111 cm³/mol. The second kappa shape index (κ2) is 9.01. The van der Waals surface area contributed by atoms with Gasteiger partial charge in [-0.25, -0.2) is 0 Å². The summed E-state index contributed by atoms with van der Waals surface area (Å²) in [6, 6.07) is 15.1. The molecule has 1 saturated heterocycles. The molecule has 1 amide bonds. The van der Waals surface area contributed by atoms with Gasteiger partial charge < -0.3 is 15.5 Å². The molecule has 6 heteroatoms. The van der Waals surface area contributed by atoms with E-state index in [9.17, 15) is 4.79 Å². The molecule has 136 valence electrons. The Labute approximate surface area is 164 Å². The van der Waals surface area contributed by atoms with E-state index < -0.39 is 0 Å². The third-order valence-corrected chi connectivity index (χ3v) is 5.05. The first-order valence-electron chi connectivity index (χ1n) is 8.81. The van der Waals surface area contributed by atoms with Crippen LogP contribution in [0.1, 0.15) is 35.2 Å². The summed E-state index contributed by atoms with van der Waals surface area (Å²) < 4.78 is 0. The number of benzene rings is 2. The van der Waals surface area contributed by atoms with Crippen LogP contribution >= 0.6 is 23.8 Å². The number of nitrogens with one attached hydrogen (secondary N) is 2. The average molecular weight is 388 g/mol. The van der Waals surface area contributed by atoms with Crippen LogP contribution in [0, 0.1) is 0 Å². The first-order chi connectivity index (χ1) is 12.6. The summed E-state index contributed by atoms with van der Waals surface area (Å²) in [7, 11) is 0. The Kier molecular flexibility index (Phi) is 6.47. The van der Waals surface area contributed by atoms with Gasteiger partial charge in [0.2, 0.25) is 0 Å². The molecular formula is C20H22ClN3OS. The number of amides is 1. The van der Waals surface area contributed by atoms with Crippen LogP contribution in [0.4, 0.5) is 5.69 Å². The quantitative estimate of drug-likeness (QED) is 0.760. The Balaban J connectivity index is 1.52. The van der Waals surface area contributed by atoms with E-state index >= 15 is 0 Å². The molecule has 1 aliphatic heterocycles. The molecule has 2 aromatic rings. The van der Waals surface area contributed by atoms with Crippen LogP contribution in [0.5, 0.6) is 0 Å². The van der Waals surface area contributed by atoms with Gasteiger partial charge in [-0.3, -0.25) is 4.79 Å². The lowest BCUT2D eigenvalue weighted by Gasteiger charge is -2.26. The second-order valence-corrected chi connectivity index (χ2v) is 7.14. The third kappa shape index (κ3) is 4.96. The number of nitrogens with zero attached hydrogens (tertiary/aromatic N) is 1. The number of rotatable bonds is 4. The summed E-state index contributed by atoms with van der Waals surface area (Å²) in [4.78, 5) is 14.4. The van der Waals surface area contributed by atoms with Crippen LogP contribution < -0.4 is 10.6 Å². The van der Waals surface area contributed by atoms with Gasteiger partial charge in [-0.15, -0.1) is 0 Å². The fraction of sp³-hybridized carbons (Fsp3) is 0.300. The number of halogens is 1. The van der Waals surface area contributed by atoms with E-state index in [0.29, 0.717) is 22.2 Å². The molecule has 3 rings (SSSR count). The van der Waals surface area contributed by atoms with E-state index in [1.165, 1.54) is 6.42 Å². The molecule has 1 heterocycles. The zero-order chi connectivity index (χ0) is 18.4. The van der Waals surface area contributed by atoms with Crippen molar-refractivity contribution in [3.8, 4) is 0 Å². The minimum atomic E-state index is 0.107. The maximum atomic E-state index is 12.5. The Bertz CT molecular complexity index is 773. The van der Waals surface area contributed by atoms with Crippen molar-refractivity contribution in [3.05, 3.63) is 64.7 Å². The Morgan fingerprint density at radius 3 is 2.42 bits per heavy atom. The average Bonchev–Trinajstić information content (AvgIpc) is 2.68. The van der Waals surface area contributed by atoms with Gasteiger partial charge in [-0.05, 0) is 67.4 Å². The summed E-state index contributed by atoms with van der Waals surface area (Å²) in [5.74, 6) is 0.107. The van der Waals surface area contributed by atoms with Gasteiger partial charge in [-0.2, -0.15) is 0 Å². The molecule has 4 nitrogen and oxygen atoms in total. The molecular weight excluding hydrogens is 366 g/mol. The van der Waals surface area contributed by atoms with Crippen LogP contribution in [0.2, 0.25) is 5.02 Å². The first-order valence-corrected chi connectivity index (χ1v) is 9.60. The highest BCUT2D eigenvalue weighted by molar-refractivity contribution is 7.80. The molecule has 2 aromatic carbocycles. The van der Waals surface area contributed by atoms with Crippen LogP contribution in [-0.4, -0.2) is 29.0 Å². The molecule has 0 aliphatic carbocycles. The van der Waals surface area contributed by atoms with Gasteiger partial charge in [0.1, 0.15) is 0 Å². The van der Waals surface area contributed by atoms with E-state index in [2.05, 4.69) is 10.6 Å². The molecule has 26 heavy (non-hydrogen) atoms. The van der Waals surface area contributed by atoms with E-state index in [0.717, 1.165) is 37.2 Å². The molecule has 2 N–H and O–H groups in total. The van der Waals surface area contributed by atoms with Crippen molar-refractivity contribution in [2.75, 3.05) is 18.4 Å². The lowest BCUT2D eigenvalue weighted by atomic mass is 10.1. The molecule has 0 spiro atoms. The summed E-state index contributed by atoms with van der Waals surface area (Å²) in [5.41, 5.74) is 2.55. The highest BCUT2D eigenvalue weighted by Crippen LogP contribution is 2.16. The largest absolute Gasteiger partial charge is 0.358 e. The Morgan fingerprint density at radius 2 is 1.73 bits per heavy atom. The van der Waals surface area contributed by atoms with Crippen molar-refractivity contribution in [1.82, 2.24) is 10.2 Å². The van der Waals surface area contributed by atoms with Crippen LogP contribution in [-0.2, 0) is 6.54 Å². The molecule has 0 bridgehead atoms. The van der Waals surface area contributed by atoms with Gasteiger partial charge in [0.15, 0.2) is 5.11 Å². The van der Waals surface area contributed by atoms with E-state index in [1.54, 1.807) is 0 Å². The molecule has 0 unspecified atom stereocenters. The van der Waals surface area contributed by atoms with Crippen molar-refractivity contribution in [2.24, 2.45) is 0 Å². The van der Waals surface area contributed by atoms with Crippen LogP contribution in [0.25, 0.3) is 0 Å². The van der Waals surface area contributed by atoms with Crippen LogP contribution in [0.3, 0.4) is 0 Å². The maximum absolute atomic E-state index is 12.5. The fourth-order valence-electron chi connectivity index (χ4n) is 2.97. The molecule has 0 saturated carbocycles. The van der Waals surface area contributed by atoms with Crippen molar-refractivity contribution in [2.45, 2.75) is 25.8 Å². The Morgan fingerprint density at radius 1 is 1.04 bits per heavy atom. The van der Waals surface area contributed by atoms with Crippen molar-refractivity contribution >= 4 is 40.5 Å². The summed E-state index contributed by atoms with van der Waals surface area (Å²) >= 11 is 11.5. The minimum Gasteiger partial charge on any atom is -0.358 e. The number of carbonyl (C=O) groups excluding carboxylic acids is 1. The molecule has 1 fully saturated rings. The van der Waals surface area contributed by atoms with Gasteiger partial charge in [0, 0.05) is 35.9 Å². The van der Waals surface area contributed by atoms with Crippen molar-refractivity contribution in [3.63, 3.8) is 0 Å². The minimum absolute atomic E-state index is 0.107. The lowest BCUT2D eigenvalue weighted by molar-refractivity contribution is 0.0724. The highest BCUT2D eigenvalue weighted by atomic mass is 35.5. The zero-order valence-electron chi connectivity index (χ0n) is 14.5. The lowest BCUT2D eigenvalue weighted by Crippen LogP contribution is -2.35. The highest BCUT2D eigenvalue weighted by Gasteiger charge is 2.17. The van der Waals surface area contributed by atoms with Gasteiger partial charge in [0.25, 0.3) is 5.91 Å². The topological polar surface area (TPSA) is 44.4 Å². The summed E-state index contributed by atoms with van der Waals surface area (Å²) in [6.45, 7) is 2.26. The van der Waals surface area contributed by atoms with Gasteiger partial charge in [-0.1, -0.05) is 29.8 Å². The number of likely N-dealkylation sites (tertiary alicyclic amines) is 1. The number of hydrogen-bond donors (Lipinski definition) is 2. The monoisotopic (exact) mass is 387 g/mol. The second-order valence-electron chi connectivity index (χ2n) is 6.33. The molecule has 0 atom stereocenters. The standard InChI is InChI=1S/C20H22ClN3OS/c21-18-7-3-2-6-16(18)14-22-20(26)23-17-10-8-15(9-11-17)19(25)24-12-4-1-5-13-24/h2-3,6-11H,1,4-5,12-14H2,(H2,22,23,26). The summed E-state index contributed by atoms with van der Waals surface area (Å²) in [5, 5.41) is 7.49. The van der Waals surface area contributed by atoms with Crippen LogP contribution in [0.15, 0.2) is 48.5 Å². The number of carbonyl (C=O) groups is 1. The van der Waals surface area contributed by atoms with Crippen molar-refractivity contribution < 1.29 is 4.79 Å². The molecule has 0 aromatic heterocycles. The maximum Gasteiger partial charge on any atom is 0.253 e. The fourth-order valence-corrected chi connectivity index (χ4v) is 3.36. The smallest absolute Gasteiger partial charge is 0.253 e. The number of hydrogen-bond acceptors (Lipinski definition) is 2. The van der Waals surface area contributed by atoms with Gasteiger partial charge in [0.05, 0.1) is 0 Å². The summed E-state index contributed by atoms with van der Waals surface area (Å²) in [6.07, 6.45) is 3.40. The zero-order valence-corrected chi connectivity index (χ0v) is 16.1. The van der Waals surface area contributed by atoms with Crippen molar-refractivity contribution in [1.29, 1.82) is 0 Å². The third-order valence-electron chi connectivity index (χ3n) is 4.43.